The van der Waals surface area contributed by atoms with Gasteiger partial charge >= 0.3 is 12.2 Å². The number of hydrogen-bond donors (Lipinski definition) is 0. The lowest BCUT2D eigenvalue weighted by Crippen LogP contribution is -2.44. The van der Waals surface area contributed by atoms with Crippen molar-refractivity contribution in [1.29, 1.82) is 5.26 Å². The van der Waals surface area contributed by atoms with Gasteiger partial charge in [0.25, 0.3) is 0 Å². The van der Waals surface area contributed by atoms with Crippen LogP contribution in [0.15, 0.2) is 12.1 Å². The van der Waals surface area contributed by atoms with Crippen molar-refractivity contribution < 1.29 is 23.5 Å². The Labute approximate surface area is 151 Å². The zero-order valence-corrected chi connectivity index (χ0v) is 15.7. The van der Waals surface area contributed by atoms with Crippen LogP contribution in [0.5, 0.6) is 0 Å². The van der Waals surface area contributed by atoms with Gasteiger partial charge in [-0.25, -0.2) is 14.0 Å². The van der Waals surface area contributed by atoms with Crippen molar-refractivity contribution in [2.75, 3.05) is 4.90 Å². The molecule has 0 fully saturated rings. The molecule has 1 aromatic carbocycles. The van der Waals surface area contributed by atoms with Gasteiger partial charge in [-0.1, -0.05) is 11.6 Å². The zero-order valence-electron chi connectivity index (χ0n) is 14.9. The summed E-state index contributed by atoms with van der Waals surface area (Å²) in [6.07, 6.45) is -2.25. The van der Waals surface area contributed by atoms with E-state index in [1.54, 1.807) is 47.6 Å². The van der Waals surface area contributed by atoms with Crippen LogP contribution in [0.2, 0.25) is 5.02 Å². The van der Waals surface area contributed by atoms with Crippen LogP contribution in [-0.4, -0.2) is 23.4 Å². The first-order chi connectivity index (χ1) is 11.2. The predicted molar refractivity (Wildman–Crippen MR) is 91.1 cm³/mol. The van der Waals surface area contributed by atoms with Gasteiger partial charge in [-0.2, -0.15) is 10.2 Å². The molecule has 2 amide bonds. The van der Waals surface area contributed by atoms with E-state index in [1.165, 1.54) is 0 Å². The Bertz CT molecular complexity index is 702. The molecule has 0 saturated carbocycles. The van der Waals surface area contributed by atoms with Crippen LogP contribution in [0.4, 0.5) is 19.7 Å². The van der Waals surface area contributed by atoms with Gasteiger partial charge in [0.05, 0.1) is 16.3 Å². The lowest BCUT2D eigenvalue weighted by molar-refractivity contribution is 0.0429. The number of rotatable bonds is 1. The molecule has 6 nitrogen and oxygen atoms in total. The van der Waals surface area contributed by atoms with E-state index in [1.807, 2.05) is 0 Å². The summed E-state index contributed by atoms with van der Waals surface area (Å²) in [4.78, 5) is 25.3. The molecule has 0 atom stereocenters. The van der Waals surface area contributed by atoms with Gasteiger partial charge in [-0.05, 0) is 53.7 Å². The molecule has 0 spiro atoms. The summed E-state index contributed by atoms with van der Waals surface area (Å²) in [7, 11) is 0. The quantitative estimate of drug-likeness (QED) is 0.692. The lowest BCUT2D eigenvalue weighted by atomic mass is 10.2. The molecule has 1 rings (SSSR count). The highest BCUT2D eigenvalue weighted by molar-refractivity contribution is 6.32. The Morgan fingerprint density at radius 3 is 1.88 bits per heavy atom. The highest BCUT2D eigenvalue weighted by Gasteiger charge is 2.34. The van der Waals surface area contributed by atoms with Gasteiger partial charge < -0.3 is 9.47 Å². The largest absolute Gasteiger partial charge is 0.443 e. The molecule has 8 heteroatoms. The summed E-state index contributed by atoms with van der Waals surface area (Å²) in [6, 6.07) is 3.55. The fourth-order valence-electron chi connectivity index (χ4n) is 1.68. The van der Waals surface area contributed by atoms with Crippen LogP contribution in [0.1, 0.15) is 47.1 Å². The zero-order chi connectivity index (χ0) is 19.6. The van der Waals surface area contributed by atoms with E-state index >= 15 is 0 Å². The minimum atomic E-state index is -1.12. The van der Waals surface area contributed by atoms with Crippen LogP contribution in [0.3, 0.4) is 0 Å². The fraction of sp³-hybridized carbons (Fsp3) is 0.471. The number of halogens is 2. The Kier molecular flexibility index (Phi) is 6.03. The van der Waals surface area contributed by atoms with Gasteiger partial charge in [0.2, 0.25) is 0 Å². The summed E-state index contributed by atoms with van der Waals surface area (Å²) < 4.78 is 24.7. The molecule has 136 valence electrons. The van der Waals surface area contributed by atoms with Gasteiger partial charge in [0.1, 0.15) is 23.1 Å². The molecular weight excluding hydrogens is 351 g/mol. The fourth-order valence-corrected chi connectivity index (χ4v) is 1.88. The number of carbonyl (C=O) groups is 2. The van der Waals surface area contributed by atoms with Crippen molar-refractivity contribution in [3.05, 3.63) is 28.5 Å². The molecule has 0 unspecified atom stereocenters. The summed E-state index contributed by atoms with van der Waals surface area (Å²) in [6.45, 7) is 9.59. The van der Waals surface area contributed by atoms with Crippen LogP contribution in [0, 0.1) is 17.1 Å². The molecule has 0 aliphatic carbocycles. The predicted octanol–water partition coefficient (Wildman–Crippen LogP) is 5.03. The standard InChI is InChI=1S/C17H20ClFN2O4/c1-16(2,3)24-14(22)21(15(23)25-17(4,5)6)13-8-11(18)10(9-20)7-12(13)19/h7-8H,1-6H3. The molecule has 1 aromatic rings. The van der Waals surface area contributed by atoms with Gasteiger partial charge in [-0.3, -0.25) is 0 Å². The number of nitrogens with zero attached hydrogens (tertiary/aromatic N) is 2. The third kappa shape index (κ3) is 5.91. The van der Waals surface area contributed by atoms with Crippen molar-refractivity contribution in [1.82, 2.24) is 0 Å². The van der Waals surface area contributed by atoms with Crippen LogP contribution >= 0.6 is 11.6 Å². The first-order valence-corrected chi connectivity index (χ1v) is 7.78. The van der Waals surface area contributed by atoms with Crippen LogP contribution in [-0.2, 0) is 9.47 Å². The van der Waals surface area contributed by atoms with Crippen molar-refractivity contribution in [2.45, 2.75) is 52.7 Å². The maximum atomic E-state index is 14.4. The van der Waals surface area contributed by atoms with E-state index in [-0.39, 0.29) is 10.6 Å². The second-order valence-electron chi connectivity index (χ2n) is 7.19. The summed E-state index contributed by atoms with van der Waals surface area (Å²) in [5.74, 6) is -0.988. The first-order valence-electron chi connectivity index (χ1n) is 7.40. The van der Waals surface area contributed by atoms with Crippen molar-refractivity contribution >= 4 is 29.5 Å². The van der Waals surface area contributed by atoms with Crippen molar-refractivity contribution in [3.63, 3.8) is 0 Å². The summed E-state index contributed by atoms with van der Waals surface area (Å²) >= 11 is 5.90. The van der Waals surface area contributed by atoms with Crippen LogP contribution < -0.4 is 4.90 Å². The normalized spacial score (nSPS) is 11.5. The average molecular weight is 371 g/mol. The molecule has 0 aliphatic rings. The van der Waals surface area contributed by atoms with Gasteiger partial charge in [-0.15, -0.1) is 0 Å². The highest BCUT2D eigenvalue weighted by atomic mass is 35.5. The number of benzene rings is 1. The molecule has 0 saturated heterocycles. The maximum absolute atomic E-state index is 14.4. The number of nitriles is 1. The SMILES string of the molecule is CC(C)(C)OC(=O)N(C(=O)OC(C)(C)C)c1cc(Cl)c(C#N)cc1F. The second kappa shape index (κ2) is 7.28. The summed E-state index contributed by atoms with van der Waals surface area (Å²) in [5, 5.41) is 8.78. The third-order valence-corrected chi connectivity index (χ3v) is 2.86. The van der Waals surface area contributed by atoms with E-state index in [2.05, 4.69) is 0 Å². The van der Waals surface area contributed by atoms with E-state index in [4.69, 9.17) is 26.3 Å². The highest BCUT2D eigenvalue weighted by Crippen LogP contribution is 2.29. The molecule has 0 bridgehead atoms. The van der Waals surface area contributed by atoms with Gasteiger partial charge in [0, 0.05) is 0 Å². The smallest absolute Gasteiger partial charge is 0.424 e. The van der Waals surface area contributed by atoms with E-state index in [0.29, 0.717) is 4.90 Å². The molecule has 0 heterocycles. The van der Waals surface area contributed by atoms with E-state index in [0.717, 1.165) is 12.1 Å². The Hall–Kier alpha value is -2.33. The number of carbonyl (C=O) groups excluding carboxylic acids is 2. The monoisotopic (exact) mass is 370 g/mol. The molecule has 0 radical (unpaired) electrons. The average Bonchev–Trinajstić information content (AvgIpc) is 2.38. The number of imide groups is 1. The molecule has 25 heavy (non-hydrogen) atoms. The Morgan fingerprint density at radius 2 is 1.52 bits per heavy atom. The first kappa shape index (κ1) is 20.7. The Balaban J connectivity index is 3.42. The minimum absolute atomic E-state index is 0.115. The van der Waals surface area contributed by atoms with Crippen LogP contribution in [0.25, 0.3) is 0 Å². The molecule has 0 aromatic heterocycles. The summed E-state index contributed by atoms with van der Waals surface area (Å²) in [5.41, 5.74) is -2.45. The van der Waals surface area contributed by atoms with Crippen molar-refractivity contribution in [3.8, 4) is 6.07 Å². The number of hydrogen-bond acceptors (Lipinski definition) is 5. The Morgan fingerprint density at radius 1 is 1.08 bits per heavy atom. The molecule has 0 aliphatic heterocycles. The van der Waals surface area contributed by atoms with Crippen molar-refractivity contribution in [2.24, 2.45) is 0 Å². The number of amides is 2. The number of ether oxygens (including phenoxy) is 2. The minimum Gasteiger partial charge on any atom is -0.443 e. The molecule has 0 N–H and O–H groups in total. The van der Waals surface area contributed by atoms with E-state index in [9.17, 15) is 14.0 Å². The maximum Gasteiger partial charge on any atom is 0.424 e. The van der Waals surface area contributed by atoms with E-state index < -0.39 is 34.9 Å². The molecular formula is C17H20ClFN2O4. The number of anilines is 1. The topological polar surface area (TPSA) is 79.6 Å². The second-order valence-corrected chi connectivity index (χ2v) is 7.60. The lowest BCUT2D eigenvalue weighted by Gasteiger charge is -2.28. The third-order valence-electron chi connectivity index (χ3n) is 2.55. The van der Waals surface area contributed by atoms with Gasteiger partial charge in [0.15, 0.2) is 0 Å².